The van der Waals surface area contributed by atoms with Gasteiger partial charge in [0.1, 0.15) is 17.4 Å². The number of hydrazine groups is 2. The Balaban J connectivity index is 0.000000828. The summed E-state index contributed by atoms with van der Waals surface area (Å²) < 4.78 is 47.0. The highest BCUT2D eigenvalue weighted by atomic mass is 35.5. The number of nitrogens with two attached hydrogens (primary N) is 2. The Morgan fingerprint density at radius 2 is 2.00 bits per heavy atom. The van der Waals surface area contributed by atoms with E-state index in [-0.39, 0.29) is 23.1 Å². The molecule has 0 fully saturated rings. The molecule has 148 valence electrons. The lowest BCUT2D eigenvalue weighted by Crippen LogP contribution is -2.27. The predicted octanol–water partition coefficient (Wildman–Crippen LogP) is 2.13. The zero-order valence-corrected chi connectivity index (χ0v) is 14.8. The zero-order chi connectivity index (χ0) is 20.4. The lowest BCUT2D eigenvalue weighted by Gasteiger charge is -2.21. The second-order valence-electron chi connectivity index (χ2n) is 4.78. The van der Waals surface area contributed by atoms with Gasteiger partial charge in [-0.15, -0.1) is 13.2 Å². The number of alkyl halides is 3. The van der Waals surface area contributed by atoms with Crippen LogP contribution in [0.3, 0.4) is 0 Å². The van der Waals surface area contributed by atoms with Crippen molar-refractivity contribution >= 4 is 23.7 Å². The zero-order valence-electron chi connectivity index (χ0n) is 14.0. The maximum atomic E-state index is 12.5. The Bertz CT molecular complexity index is 747. The average Bonchev–Trinajstić information content (AvgIpc) is 2.60. The molecular weight excluding hydrogens is 391 g/mol. The topological polar surface area (TPSA) is 116 Å². The van der Waals surface area contributed by atoms with Crippen LogP contribution in [0.15, 0.2) is 36.5 Å². The van der Waals surface area contributed by atoms with Gasteiger partial charge in [0.25, 0.3) is 0 Å². The van der Waals surface area contributed by atoms with Crippen LogP contribution in [0.2, 0.25) is 5.02 Å². The summed E-state index contributed by atoms with van der Waals surface area (Å²) in [6, 6.07) is 7.28. The molecule has 0 aliphatic rings. The lowest BCUT2D eigenvalue weighted by atomic mass is 10.1. The number of anilines is 1. The van der Waals surface area contributed by atoms with Crippen LogP contribution in [-0.2, 0) is 11.4 Å². The van der Waals surface area contributed by atoms with Gasteiger partial charge < -0.3 is 14.5 Å². The van der Waals surface area contributed by atoms with Crippen LogP contribution in [0.25, 0.3) is 0 Å². The second-order valence-corrected chi connectivity index (χ2v) is 5.18. The number of aromatic nitrogens is 1. The first kappa shape index (κ1) is 22.3. The molecule has 8 nitrogen and oxygen atoms in total. The van der Waals surface area contributed by atoms with Gasteiger partial charge in [-0.1, -0.05) is 17.7 Å². The summed E-state index contributed by atoms with van der Waals surface area (Å²) >= 11 is 5.91. The third-order valence-electron chi connectivity index (χ3n) is 2.86. The first-order chi connectivity index (χ1) is 12.7. The molecule has 0 radical (unpaired) electrons. The second kappa shape index (κ2) is 10.4. The minimum absolute atomic E-state index is 0.0987. The molecule has 0 aliphatic carbocycles. The molecule has 0 saturated heterocycles. The lowest BCUT2D eigenvalue weighted by molar-refractivity contribution is -0.275. The minimum Gasteiger partial charge on any atom is -0.472 e. The maximum Gasteiger partial charge on any atom is 0.573 e. The number of carbonyl (C=O) groups excluding carboxylic acids is 1. The molecule has 0 bridgehead atoms. The first-order valence-electron chi connectivity index (χ1n) is 7.18. The number of rotatable bonds is 6. The third kappa shape index (κ3) is 7.56. The van der Waals surface area contributed by atoms with Crippen molar-refractivity contribution in [2.45, 2.75) is 13.0 Å². The molecule has 5 N–H and O–H groups in total. The Morgan fingerprint density at radius 3 is 2.52 bits per heavy atom. The standard InChI is InChI=1S/C14H13ClF3N3O2.CH4N2O/c1-21(19)11-5-2-6-12(23-14(16,17)18)9(11)8-22-13-10(15)4-3-7-20-13;2-3-1-4/h2-7H,8,19H2,1H3;1H,2H2,(H,3,4). The van der Waals surface area contributed by atoms with Crippen molar-refractivity contribution in [1.82, 2.24) is 10.4 Å². The summed E-state index contributed by atoms with van der Waals surface area (Å²) in [5.41, 5.74) is 2.19. The van der Waals surface area contributed by atoms with Crippen LogP contribution in [0.1, 0.15) is 5.56 Å². The molecule has 0 aliphatic heterocycles. The summed E-state index contributed by atoms with van der Waals surface area (Å²) in [6.07, 6.45) is -2.97. The maximum absolute atomic E-state index is 12.5. The highest BCUT2D eigenvalue weighted by Gasteiger charge is 2.32. The molecule has 1 aromatic heterocycles. The number of hydrogen-bond acceptors (Lipinski definition) is 7. The largest absolute Gasteiger partial charge is 0.573 e. The average molecular weight is 408 g/mol. The van der Waals surface area contributed by atoms with Gasteiger partial charge >= 0.3 is 6.36 Å². The number of nitrogens with one attached hydrogen (secondary N) is 1. The van der Waals surface area contributed by atoms with Crippen LogP contribution >= 0.6 is 11.6 Å². The van der Waals surface area contributed by atoms with Crippen LogP contribution in [-0.4, -0.2) is 24.8 Å². The minimum atomic E-state index is -4.83. The highest BCUT2D eigenvalue weighted by Crippen LogP contribution is 2.33. The molecule has 0 atom stereocenters. The van der Waals surface area contributed by atoms with Crippen molar-refractivity contribution in [3.63, 3.8) is 0 Å². The van der Waals surface area contributed by atoms with Gasteiger partial charge in [-0.2, -0.15) is 0 Å². The van der Waals surface area contributed by atoms with Gasteiger partial charge in [-0.25, -0.2) is 16.7 Å². The van der Waals surface area contributed by atoms with Crippen LogP contribution in [0, 0.1) is 0 Å². The number of pyridine rings is 1. The molecule has 1 amide bonds. The summed E-state index contributed by atoms with van der Waals surface area (Å²) in [6.45, 7) is -0.250. The number of benzene rings is 1. The smallest absolute Gasteiger partial charge is 0.472 e. The van der Waals surface area contributed by atoms with E-state index in [2.05, 4.69) is 15.6 Å². The molecule has 1 heterocycles. The quantitative estimate of drug-likeness (QED) is 0.291. The Labute approximate surface area is 157 Å². The van der Waals surface area contributed by atoms with Crippen molar-refractivity contribution in [3.8, 4) is 11.6 Å². The molecule has 0 spiro atoms. The summed E-state index contributed by atoms with van der Waals surface area (Å²) in [7, 11) is 1.49. The van der Waals surface area contributed by atoms with Gasteiger partial charge in [0.15, 0.2) is 0 Å². The molecule has 2 rings (SSSR count). The van der Waals surface area contributed by atoms with Crippen LogP contribution < -0.4 is 31.6 Å². The fourth-order valence-corrected chi connectivity index (χ4v) is 2.04. The fraction of sp³-hybridized carbons (Fsp3) is 0.200. The van der Waals surface area contributed by atoms with Crippen LogP contribution in [0.4, 0.5) is 18.9 Å². The molecule has 12 heteroatoms. The summed E-state index contributed by atoms with van der Waals surface area (Å²) in [5.74, 6) is 9.75. The molecule has 1 aromatic carbocycles. The Hall–Kier alpha value is -2.76. The predicted molar refractivity (Wildman–Crippen MR) is 92.7 cm³/mol. The van der Waals surface area contributed by atoms with E-state index < -0.39 is 12.1 Å². The molecule has 0 unspecified atom stereocenters. The number of amides is 1. The summed E-state index contributed by atoms with van der Waals surface area (Å²) in [5, 5.41) is 1.41. The number of nitrogens with zero attached hydrogens (tertiary/aromatic N) is 2. The van der Waals surface area contributed by atoms with Crippen molar-refractivity contribution in [1.29, 1.82) is 0 Å². The van der Waals surface area contributed by atoms with Gasteiger partial charge in [0.2, 0.25) is 12.3 Å². The number of carbonyl (C=O) groups is 1. The van der Waals surface area contributed by atoms with Crippen LogP contribution in [0.5, 0.6) is 11.6 Å². The van der Waals surface area contributed by atoms with Crippen molar-refractivity contribution in [2.75, 3.05) is 12.1 Å². The van der Waals surface area contributed by atoms with Gasteiger partial charge in [0, 0.05) is 13.2 Å². The van der Waals surface area contributed by atoms with Crippen molar-refractivity contribution in [3.05, 3.63) is 47.1 Å². The van der Waals surface area contributed by atoms with Gasteiger partial charge in [-0.3, -0.25) is 10.2 Å². The van der Waals surface area contributed by atoms with E-state index in [0.717, 1.165) is 0 Å². The molecule has 0 saturated carbocycles. The summed E-state index contributed by atoms with van der Waals surface area (Å²) in [4.78, 5) is 12.8. The van der Waals surface area contributed by atoms with E-state index in [9.17, 15) is 13.2 Å². The molecular formula is C15H17ClF3N5O3. The van der Waals surface area contributed by atoms with Gasteiger partial charge in [0.05, 0.1) is 11.3 Å². The van der Waals surface area contributed by atoms with Crippen molar-refractivity contribution in [2.24, 2.45) is 11.7 Å². The molecule has 27 heavy (non-hydrogen) atoms. The third-order valence-corrected chi connectivity index (χ3v) is 3.15. The van der Waals surface area contributed by atoms with E-state index in [1.165, 1.54) is 30.4 Å². The number of ether oxygens (including phenoxy) is 2. The van der Waals surface area contributed by atoms with Crippen molar-refractivity contribution < 1.29 is 27.4 Å². The normalized spacial score (nSPS) is 10.3. The molecule has 2 aromatic rings. The fourth-order valence-electron chi connectivity index (χ4n) is 1.87. The van der Waals surface area contributed by atoms with Gasteiger partial charge in [-0.05, 0) is 24.3 Å². The van der Waals surface area contributed by atoms with E-state index in [4.69, 9.17) is 27.0 Å². The SMILES string of the molecule is CN(N)c1cccc(OC(F)(F)F)c1COc1ncccc1Cl.NNC=O. The first-order valence-corrected chi connectivity index (χ1v) is 7.56. The number of hydrogen-bond donors (Lipinski definition) is 3. The monoisotopic (exact) mass is 407 g/mol. The van der Waals surface area contributed by atoms with E-state index >= 15 is 0 Å². The van der Waals surface area contributed by atoms with E-state index in [0.29, 0.717) is 12.1 Å². The highest BCUT2D eigenvalue weighted by molar-refractivity contribution is 6.31. The Morgan fingerprint density at radius 1 is 1.33 bits per heavy atom. The number of halogens is 4. The Kier molecular flexibility index (Phi) is 8.59. The van der Waals surface area contributed by atoms with E-state index in [1.54, 1.807) is 23.6 Å². The van der Waals surface area contributed by atoms with E-state index in [1.807, 2.05) is 0 Å².